The van der Waals surface area contributed by atoms with Crippen LogP contribution in [0.5, 0.6) is 0 Å². The number of aliphatic hydroxyl groups is 1. The first-order chi connectivity index (χ1) is 5.91. The predicted molar refractivity (Wildman–Crippen MR) is 47.1 cm³/mol. The lowest BCUT2D eigenvalue weighted by Gasteiger charge is -2.45. The lowest BCUT2D eigenvalue weighted by molar-refractivity contribution is -0.158. The number of hydrogen-bond acceptors (Lipinski definition) is 4. The minimum absolute atomic E-state index is 0.0640. The lowest BCUT2D eigenvalue weighted by Crippen LogP contribution is -2.63. The zero-order valence-electron chi connectivity index (χ0n) is 8.12. The fraction of sp³-hybridized carbons (Fsp3) is 1.00. The third-order valence-electron chi connectivity index (χ3n) is 2.88. The van der Waals surface area contributed by atoms with E-state index in [1.807, 2.05) is 13.8 Å². The first kappa shape index (κ1) is 9.40. The van der Waals surface area contributed by atoms with Crippen LogP contribution in [0.2, 0.25) is 0 Å². The summed E-state index contributed by atoms with van der Waals surface area (Å²) in [5, 5.41) is 9.20. The van der Waals surface area contributed by atoms with Gasteiger partial charge in [-0.05, 0) is 26.7 Å². The van der Waals surface area contributed by atoms with E-state index in [2.05, 4.69) is 0 Å². The summed E-state index contributed by atoms with van der Waals surface area (Å²) >= 11 is 0. The maximum atomic E-state index is 9.20. The van der Waals surface area contributed by atoms with Crippen LogP contribution < -0.4 is 5.73 Å². The summed E-state index contributed by atoms with van der Waals surface area (Å²) in [5.74, 6) is -0.516. The molecule has 1 aliphatic carbocycles. The molecule has 0 aromatic heterocycles. The third-order valence-corrected chi connectivity index (χ3v) is 2.88. The SMILES string of the molecule is CC1(C)OCC(C2(N)CC(O)C2)O1. The molecule has 1 unspecified atom stereocenters. The fourth-order valence-corrected chi connectivity index (χ4v) is 2.05. The van der Waals surface area contributed by atoms with Gasteiger partial charge in [-0.1, -0.05) is 0 Å². The minimum atomic E-state index is -0.516. The molecule has 0 amide bonds. The smallest absolute Gasteiger partial charge is 0.163 e. The highest BCUT2D eigenvalue weighted by Gasteiger charge is 2.51. The van der Waals surface area contributed by atoms with E-state index in [0.29, 0.717) is 19.4 Å². The second kappa shape index (κ2) is 2.67. The van der Waals surface area contributed by atoms with Gasteiger partial charge in [0.05, 0.1) is 12.7 Å². The van der Waals surface area contributed by atoms with Gasteiger partial charge in [0.1, 0.15) is 6.10 Å². The standard InChI is InChI=1S/C9H17NO3/c1-8(2)12-5-7(13-8)9(10)3-6(11)4-9/h6-7,11H,3-5,10H2,1-2H3. The summed E-state index contributed by atoms with van der Waals surface area (Å²) < 4.78 is 11.1. The van der Waals surface area contributed by atoms with Crippen LogP contribution in [-0.2, 0) is 9.47 Å². The Hall–Kier alpha value is -0.160. The topological polar surface area (TPSA) is 64.7 Å². The fourth-order valence-electron chi connectivity index (χ4n) is 2.05. The average Bonchev–Trinajstić information content (AvgIpc) is 2.27. The maximum absolute atomic E-state index is 9.20. The van der Waals surface area contributed by atoms with Crippen LogP contribution in [0.1, 0.15) is 26.7 Å². The second-order valence-electron chi connectivity index (χ2n) is 4.61. The summed E-state index contributed by atoms with van der Waals surface area (Å²) in [6.45, 7) is 4.30. The molecule has 0 aromatic carbocycles. The Morgan fingerprint density at radius 3 is 2.38 bits per heavy atom. The van der Waals surface area contributed by atoms with Crippen molar-refractivity contribution in [3.05, 3.63) is 0 Å². The highest BCUT2D eigenvalue weighted by Crippen LogP contribution is 2.39. The molecule has 1 aliphatic heterocycles. The summed E-state index contributed by atoms with van der Waals surface area (Å²) in [6, 6.07) is 0. The van der Waals surface area contributed by atoms with Crippen molar-refractivity contribution < 1.29 is 14.6 Å². The van der Waals surface area contributed by atoms with Crippen molar-refractivity contribution >= 4 is 0 Å². The van der Waals surface area contributed by atoms with Crippen molar-refractivity contribution in [2.45, 2.75) is 50.2 Å². The van der Waals surface area contributed by atoms with E-state index >= 15 is 0 Å². The molecule has 1 heterocycles. The van der Waals surface area contributed by atoms with Gasteiger partial charge < -0.3 is 20.3 Å². The van der Waals surface area contributed by atoms with Crippen LogP contribution in [0.4, 0.5) is 0 Å². The maximum Gasteiger partial charge on any atom is 0.163 e. The highest BCUT2D eigenvalue weighted by molar-refractivity contribution is 5.05. The van der Waals surface area contributed by atoms with E-state index < -0.39 is 5.79 Å². The first-order valence-electron chi connectivity index (χ1n) is 4.70. The van der Waals surface area contributed by atoms with Gasteiger partial charge >= 0.3 is 0 Å². The molecule has 13 heavy (non-hydrogen) atoms. The quantitative estimate of drug-likeness (QED) is 0.606. The minimum Gasteiger partial charge on any atom is -0.393 e. The Balaban J connectivity index is 1.97. The third kappa shape index (κ3) is 1.59. The average molecular weight is 187 g/mol. The Morgan fingerprint density at radius 1 is 1.38 bits per heavy atom. The van der Waals surface area contributed by atoms with Gasteiger partial charge in [-0.15, -0.1) is 0 Å². The molecule has 3 N–H and O–H groups in total. The Bertz CT molecular complexity index is 211. The van der Waals surface area contributed by atoms with Crippen molar-refractivity contribution in [3.8, 4) is 0 Å². The van der Waals surface area contributed by atoms with Crippen molar-refractivity contribution in [1.82, 2.24) is 0 Å². The predicted octanol–water partition coefficient (Wildman–Crippen LogP) is -0.00990. The van der Waals surface area contributed by atoms with E-state index in [1.54, 1.807) is 0 Å². The van der Waals surface area contributed by atoms with Crippen molar-refractivity contribution in [2.24, 2.45) is 5.73 Å². The molecule has 1 saturated heterocycles. The second-order valence-corrected chi connectivity index (χ2v) is 4.61. The molecule has 1 atom stereocenters. The zero-order chi connectivity index (χ0) is 9.69. The molecule has 2 aliphatic rings. The Labute approximate surface area is 78.0 Å². The van der Waals surface area contributed by atoms with E-state index in [1.165, 1.54) is 0 Å². The Kier molecular flexibility index (Phi) is 1.93. The first-order valence-corrected chi connectivity index (χ1v) is 4.70. The van der Waals surface area contributed by atoms with E-state index in [9.17, 15) is 5.11 Å². The van der Waals surface area contributed by atoms with Gasteiger partial charge in [-0.2, -0.15) is 0 Å². The molecule has 0 aromatic rings. The van der Waals surface area contributed by atoms with Gasteiger partial charge in [0, 0.05) is 5.54 Å². The van der Waals surface area contributed by atoms with Crippen LogP contribution >= 0.6 is 0 Å². The molecule has 1 saturated carbocycles. The molecule has 0 spiro atoms. The van der Waals surface area contributed by atoms with Crippen molar-refractivity contribution in [1.29, 1.82) is 0 Å². The van der Waals surface area contributed by atoms with E-state index in [-0.39, 0.29) is 17.7 Å². The summed E-state index contributed by atoms with van der Waals surface area (Å²) in [6.07, 6.45) is 0.928. The number of hydrogen-bond donors (Lipinski definition) is 2. The zero-order valence-corrected chi connectivity index (χ0v) is 8.12. The van der Waals surface area contributed by atoms with Crippen LogP contribution in [0.25, 0.3) is 0 Å². The van der Waals surface area contributed by atoms with Crippen LogP contribution in [0.15, 0.2) is 0 Å². The molecule has 0 bridgehead atoms. The normalized spacial score (nSPS) is 48.9. The van der Waals surface area contributed by atoms with Gasteiger partial charge in [0.25, 0.3) is 0 Å². The number of aliphatic hydroxyl groups excluding tert-OH is 1. The number of ether oxygens (including phenoxy) is 2. The van der Waals surface area contributed by atoms with Crippen LogP contribution in [0.3, 0.4) is 0 Å². The van der Waals surface area contributed by atoms with Gasteiger partial charge in [0.2, 0.25) is 0 Å². The van der Waals surface area contributed by atoms with Gasteiger partial charge in [-0.3, -0.25) is 0 Å². The van der Waals surface area contributed by atoms with Crippen LogP contribution in [0, 0.1) is 0 Å². The van der Waals surface area contributed by atoms with Gasteiger partial charge in [0.15, 0.2) is 5.79 Å². The molecule has 2 rings (SSSR count). The Morgan fingerprint density at radius 2 is 2.00 bits per heavy atom. The summed E-state index contributed by atoms with van der Waals surface area (Å²) in [7, 11) is 0. The number of nitrogens with two attached hydrogens (primary N) is 1. The summed E-state index contributed by atoms with van der Waals surface area (Å²) in [5.41, 5.74) is 5.69. The molecule has 4 heteroatoms. The summed E-state index contributed by atoms with van der Waals surface area (Å²) in [4.78, 5) is 0. The molecular weight excluding hydrogens is 170 g/mol. The van der Waals surface area contributed by atoms with Crippen LogP contribution in [-0.4, -0.2) is 35.2 Å². The molecule has 2 fully saturated rings. The monoisotopic (exact) mass is 187 g/mol. The molecular formula is C9H17NO3. The number of rotatable bonds is 1. The molecule has 76 valence electrons. The van der Waals surface area contributed by atoms with Crippen molar-refractivity contribution in [2.75, 3.05) is 6.61 Å². The van der Waals surface area contributed by atoms with Crippen molar-refractivity contribution in [3.63, 3.8) is 0 Å². The van der Waals surface area contributed by atoms with Gasteiger partial charge in [-0.25, -0.2) is 0 Å². The highest BCUT2D eigenvalue weighted by atomic mass is 16.7. The van der Waals surface area contributed by atoms with E-state index in [0.717, 1.165) is 0 Å². The lowest BCUT2D eigenvalue weighted by atomic mass is 9.71. The largest absolute Gasteiger partial charge is 0.393 e. The molecule has 4 nitrogen and oxygen atoms in total. The molecule has 0 radical (unpaired) electrons. The van der Waals surface area contributed by atoms with E-state index in [4.69, 9.17) is 15.2 Å².